The van der Waals surface area contributed by atoms with E-state index in [1.165, 1.54) is 7.00 Å². The number of rotatable bonds is 1. The Kier molecular flexibility index (Phi) is 3.30. The summed E-state index contributed by atoms with van der Waals surface area (Å²) in [6.45, 7) is 1.36. The molecule has 0 aliphatic carbocycles. The maximum atomic E-state index is 9.10. The lowest BCUT2D eigenvalue weighted by molar-refractivity contribution is 0.569. The Labute approximate surface area is 28.2 Å². The van der Waals surface area contributed by atoms with E-state index in [1.807, 2.05) is 0 Å². The van der Waals surface area contributed by atoms with Gasteiger partial charge in [0.05, 0.1) is 6.19 Å². The van der Waals surface area contributed by atoms with Crippen LogP contribution in [0.15, 0.2) is 0 Å². The van der Waals surface area contributed by atoms with Gasteiger partial charge in [0, 0.05) is 0 Å². The predicted molar refractivity (Wildman–Crippen MR) is 22.2 cm³/mol. The molecule has 0 fully saturated rings. The molecule has 1 atom stereocenters. The number of hydrogen-bond acceptors (Lipinski definition) is 1. The molecule has 1 unspecified atom stereocenters. The Balaban J connectivity index is 2.30. The van der Waals surface area contributed by atoms with E-state index < -0.39 is 0 Å². The minimum absolute atomic E-state index is 0.713. The highest BCUT2D eigenvalue weighted by atomic mass is 31.0. The Morgan fingerprint density at radius 2 is 2.25 bits per heavy atom. The molecular weight excluding hydrogens is 69.8 g/mol. The molecule has 0 saturated carbocycles. The molecule has 0 bridgehead atoms. The molecule has 0 aromatic carbocycles. The minimum atomic E-state index is 0.713. The van der Waals surface area contributed by atoms with Gasteiger partial charge in [-0.05, 0) is 0 Å². The van der Waals surface area contributed by atoms with E-state index in [4.69, 9.17) is 4.79 Å². The molecule has 0 saturated heterocycles. The van der Waals surface area contributed by atoms with Crippen molar-refractivity contribution in [3.05, 3.63) is 0 Å². The predicted octanol–water partition coefficient (Wildman–Crippen LogP) is -0.329. The van der Waals surface area contributed by atoms with Crippen molar-refractivity contribution < 1.29 is 4.79 Å². The first-order valence-electron chi connectivity index (χ1n) is 0.902. The second-order valence-corrected chi connectivity index (χ2v) is 0.713. The second kappa shape index (κ2) is 3.16. The van der Waals surface area contributed by atoms with Gasteiger partial charge in [0.15, 0.2) is 0 Å². The zero-order valence-corrected chi connectivity index (χ0v) is 3.29. The average molecular weight is 72.8 g/mol. The van der Waals surface area contributed by atoms with E-state index in [9.17, 15) is 0 Å². The van der Waals surface area contributed by atoms with Crippen LogP contribution in [0.4, 0.5) is 0 Å². The van der Waals surface area contributed by atoms with Gasteiger partial charge in [-0.2, -0.15) is 9.12 Å². The molecule has 4 heavy (non-hydrogen) atoms. The topological polar surface area (TPSA) is 17.1 Å². The molecule has 0 spiro atoms. The zero-order chi connectivity index (χ0) is 3.41. The lowest BCUT2D eigenvalue weighted by Gasteiger charge is -1.46. The van der Waals surface area contributed by atoms with E-state index in [-0.39, 0.29) is 0 Å². The van der Waals surface area contributed by atoms with Gasteiger partial charge in [-0.1, -0.05) is 0 Å². The summed E-state index contributed by atoms with van der Waals surface area (Å²) in [5, 5.41) is 0. The zero-order valence-electron chi connectivity index (χ0n) is 2.14. The van der Waals surface area contributed by atoms with Gasteiger partial charge in [0.2, 0.25) is 7.00 Å². The van der Waals surface area contributed by atoms with Gasteiger partial charge in [-0.3, -0.25) is 0 Å². The third-order valence-corrected chi connectivity index (χ3v) is 0.236. The highest BCUT2D eigenvalue weighted by molar-refractivity contribution is 7.61. The molecule has 0 aliphatic heterocycles. The molecule has 21 valence electrons. The number of carbonyl (C=O) groups is 1. The van der Waals surface area contributed by atoms with E-state index >= 15 is 0 Å². The largest absolute Gasteiger partial charge is 0.315 e. The van der Waals surface area contributed by atoms with Crippen molar-refractivity contribution in [3.63, 3.8) is 0 Å². The molecule has 3 heteroatoms. The SMILES string of the molecule is O=C[B]P. The summed E-state index contributed by atoms with van der Waals surface area (Å²) in [6.07, 6.45) is 0.713. The highest BCUT2D eigenvalue weighted by Crippen LogP contribution is 1.60. The number of carbonyl (C=O) groups excluding carboxylic acids is 1. The third-order valence-electron chi connectivity index (χ3n) is 0.0786. The van der Waals surface area contributed by atoms with Crippen LogP contribution in [-0.4, -0.2) is 13.2 Å². The normalized spacial score (nSPS) is 5.25. The van der Waals surface area contributed by atoms with Crippen LogP contribution in [0.5, 0.6) is 0 Å². The van der Waals surface area contributed by atoms with Crippen LogP contribution in [0.2, 0.25) is 0 Å². The first-order valence-corrected chi connectivity index (χ1v) is 1.57. The first kappa shape index (κ1) is 4.16. The van der Waals surface area contributed by atoms with Crippen LogP contribution in [0.25, 0.3) is 0 Å². The highest BCUT2D eigenvalue weighted by Gasteiger charge is 1.59. The van der Waals surface area contributed by atoms with Crippen LogP contribution in [0.3, 0.4) is 0 Å². The van der Waals surface area contributed by atoms with Crippen LogP contribution in [0.1, 0.15) is 0 Å². The quantitative estimate of drug-likeness (QED) is 0.236. The molecule has 1 radical (unpaired) electrons. The van der Waals surface area contributed by atoms with Crippen molar-refractivity contribution >= 4 is 22.3 Å². The average Bonchev–Trinajstić information content (AvgIpc) is 1.37. The summed E-state index contributed by atoms with van der Waals surface area (Å²) in [7, 11) is 2.16. The lowest BCUT2D eigenvalue weighted by atomic mass is 10.2. The number of hydrogen-bond donors (Lipinski definition) is 0. The van der Waals surface area contributed by atoms with Crippen molar-refractivity contribution in [2.75, 3.05) is 0 Å². The van der Waals surface area contributed by atoms with Gasteiger partial charge in [0.25, 0.3) is 0 Å². The summed E-state index contributed by atoms with van der Waals surface area (Å²) in [4.78, 5) is 9.10. The van der Waals surface area contributed by atoms with Crippen LogP contribution in [0, 0.1) is 0 Å². The molecule has 0 amide bonds. The summed E-state index contributed by atoms with van der Waals surface area (Å²) in [6, 6.07) is 0. The van der Waals surface area contributed by atoms with Gasteiger partial charge < -0.3 is 4.79 Å². The lowest BCUT2D eigenvalue weighted by Crippen LogP contribution is -1.69. The standard InChI is InChI=1S/CH3BOP/c3-1-2-4/h1H,4H2. The van der Waals surface area contributed by atoms with Gasteiger partial charge in [-0.25, -0.2) is 0 Å². The molecule has 0 aromatic rings. The summed E-state index contributed by atoms with van der Waals surface area (Å²) in [5.41, 5.74) is 0. The molecular formula is CH3BOP. The van der Waals surface area contributed by atoms with E-state index in [1.54, 1.807) is 0 Å². The monoisotopic (exact) mass is 73.0 g/mol. The third kappa shape index (κ3) is 2.16. The van der Waals surface area contributed by atoms with Crippen molar-refractivity contribution in [1.29, 1.82) is 0 Å². The van der Waals surface area contributed by atoms with Crippen LogP contribution >= 0.6 is 9.12 Å². The van der Waals surface area contributed by atoms with Crippen molar-refractivity contribution in [2.45, 2.75) is 0 Å². The Bertz CT molecular complexity index is 22.0. The Morgan fingerprint density at radius 1 is 2.00 bits per heavy atom. The Hall–Kier alpha value is 0.165. The van der Waals surface area contributed by atoms with Crippen LogP contribution in [-0.2, 0) is 4.79 Å². The molecule has 0 aliphatic rings. The Morgan fingerprint density at radius 3 is 2.25 bits per heavy atom. The fourth-order valence-electron chi connectivity index (χ4n) is 0. The minimum Gasteiger partial charge on any atom is -0.315 e. The maximum absolute atomic E-state index is 9.10. The maximum Gasteiger partial charge on any atom is 0.224 e. The van der Waals surface area contributed by atoms with Crippen molar-refractivity contribution in [3.8, 4) is 0 Å². The first-order chi connectivity index (χ1) is 1.91. The molecule has 0 N–H and O–H groups in total. The van der Waals surface area contributed by atoms with Crippen molar-refractivity contribution in [1.82, 2.24) is 0 Å². The summed E-state index contributed by atoms with van der Waals surface area (Å²) in [5.74, 6) is 0. The summed E-state index contributed by atoms with van der Waals surface area (Å²) < 4.78 is 0. The van der Waals surface area contributed by atoms with Crippen molar-refractivity contribution in [2.24, 2.45) is 0 Å². The molecule has 0 aromatic heterocycles. The van der Waals surface area contributed by atoms with Gasteiger partial charge >= 0.3 is 0 Å². The van der Waals surface area contributed by atoms with E-state index in [0.717, 1.165) is 0 Å². The van der Waals surface area contributed by atoms with Gasteiger partial charge in [-0.15, -0.1) is 0 Å². The smallest absolute Gasteiger partial charge is 0.224 e. The molecule has 0 rings (SSSR count). The fourth-order valence-corrected chi connectivity index (χ4v) is 0. The van der Waals surface area contributed by atoms with Crippen LogP contribution < -0.4 is 0 Å². The second-order valence-electron chi connectivity index (χ2n) is 0.329. The molecule has 1 nitrogen and oxygen atoms in total. The van der Waals surface area contributed by atoms with Gasteiger partial charge in [0.1, 0.15) is 0 Å². The van der Waals surface area contributed by atoms with E-state index in [2.05, 4.69) is 9.12 Å². The fraction of sp³-hybridized carbons (Fsp3) is 0. The molecule has 0 heterocycles. The summed E-state index contributed by atoms with van der Waals surface area (Å²) >= 11 is 0. The van der Waals surface area contributed by atoms with E-state index in [0.29, 0.717) is 6.19 Å².